The lowest BCUT2D eigenvalue weighted by Gasteiger charge is -2.32. The van der Waals surface area contributed by atoms with Crippen LogP contribution in [0.5, 0.6) is 5.75 Å². The number of rotatable bonds is 2. The van der Waals surface area contributed by atoms with Crippen LogP contribution >= 0.6 is 11.3 Å². The quantitative estimate of drug-likeness (QED) is 0.795. The summed E-state index contributed by atoms with van der Waals surface area (Å²) in [7, 11) is 1.31. The molecule has 0 aliphatic carbocycles. The predicted octanol–water partition coefficient (Wildman–Crippen LogP) is 3.52. The van der Waals surface area contributed by atoms with E-state index in [1.807, 2.05) is 0 Å². The van der Waals surface area contributed by atoms with Gasteiger partial charge >= 0.3 is 7.12 Å². The molecular formula is C16H21BO3S. The van der Waals surface area contributed by atoms with Gasteiger partial charge in [-0.05, 0) is 46.8 Å². The fourth-order valence-electron chi connectivity index (χ4n) is 2.61. The van der Waals surface area contributed by atoms with Crippen LogP contribution in [0.1, 0.15) is 32.6 Å². The van der Waals surface area contributed by atoms with Gasteiger partial charge in [0.15, 0.2) is 0 Å². The van der Waals surface area contributed by atoms with Gasteiger partial charge in [0.05, 0.1) is 18.3 Å². The molecule has 1 fully saturated rings. The maximum atomic E-state index is 6.15. The van der Waals surface area contributed by atoms with Gasteiger partial charge in [0.25, 0.3) is 0 Å². The first-order chi connectivity index (χ1) is 9.75. The van der Waals surface area contributed by atoms with Gasteiger partial charge in [-0.3, -0.25) is 0 Å². The van der Waals surface area contributed by atoms with Crippen molar-refractivity contribution in [3.05, 3.63) is 23.1 Å². The standard InChI is InChI=1S/C16H21BO3S/c1-10-9-11-13(21-10)8-7-12(14(11)18-6)17-19-15(2,3)16(4,5)20-17/h7-9H,1-6H3. The van der Waals surface area contributed by atoms with Crippen LogP contribution in [-0.4, -0.2) is 25.4 Å². The highest BCUT2D eigenvalue weighted by Gasteiger charge is 2.52. The van der Waals surface area contributed by atoms with Crippen molar-refractivity contribution in [3.8, 4) is 5.75 Å². The SMILES string of the molecule is COc1c(B2OC(C)(C)C(C)(C)O2)ccc2sc(C)cc12. The van der Waals surface area contributed by atoms with Gasteiger partial charge in [0.1, 0.15) is 5.75 Å². The zero-order chi connectivity index (χ0) is 15.4. The Labute approximate surface area is 130 Å². The Balaban J connectivity index is 2.09. The molecule has 5 heteroatoms. The van der Waals surface area contributed by atoms with Crippen LogP contribution in [0.2, 0.25) is 0 Å². The Morgan fingerprint density at radius 3 is 2.29 bits per heavy atom. The number of hydrogen-bond acceptors (Lipinski definition) is 4. The van der Waals surface area contributed by atoms with Crippen LogP contribution in [0.15, 0.2) is 18.2 Å². The smallest absolute Gasteiger partial charge is 0.496 e. The largest absolute Gasteiger partial charge is 0.498 e. The van der Waals surface area contributed by atoms with Crippen molar-refractivity contribution in [2.75, 3.05) is 7.11 Å². The van der Waals surface area contributed by atoms with E-state index in [1.54, 1.807) is 18.4 Å². The van der Waals surface area contributed by atoms with Crippen LogP contribution in [-0.2, 0) is 9.31 Å². The van der Waals surface area contributed by atoms with E-state index in [4.69, 9.17) is 14.0 Å². The molecule has 21 heavy (non-hydrogen) atoms. The first kappa shape index (κ1) is 14.9. The third-order valence-electron chi connectivity index (χ3n) is 4.52. The van der Waals surface area contributed by atoms with Crippen molar-refractivity contribution in [3.63, 3.8) is 0 Å². The van der Waals surface area contributed by atoms with Gasteiger partial charge < -0.3 is 14.0 Å². The summed E-state index contributed by atoms with van der Waals surface area (Å²) in [6.45, 7) is 10.4. The number of fused-ring (bicyclic) bond motifs is 1. The van der Waals surface area contributed by atoms with E-state index < -0.39 is 7.12 Å². The van der Waals surface area contributed by atoms with Gasteiger partial charge in [-0.1, -0.05) is 6.07 Å². The summed E-state index contributed by atoms with van der Waals surface area (Å²) in [5.41, 5.74) is 0.270. The minimum absolute atomic E-state index is 0.345. The zero-order valence-electron chi connectivity index (χ0n) is 13.4. The number of ether oxygens (including phenoxy) is 1. The van der Waals surface area contributed by atoms with E-state index in [2.05, 4.69) is 52.8 Å². The number of hydrogen-bond donors (Lipinski definition) is 0. The van der Waals surface area contributed by atoms with Crippen LogP contribution in [0.25, 0.3) is 10.1 Å². The number of benzene rings is 1. The van der Waals surface area contributed by atoms with Crippen molar-refractivity contribution in [2.24, 2.45) is 0 Å². The molecule has 112 valence electrons. The molecule has 1 aliphatic heterocycles. The first-order valence-electron chi connectivity index (χ1n) is 7.18. The summed E-state index contributed by atoms with van der Waals surface area (Å²) in [6, 6.07) is 6.34. The Kier molecular flexibility index (Phi) is 3.35. The Bertz CT molecular complexity index is 674. The fourth-order valence-corrected chi connectivity index (χ4v) is 3.53. The summed E-state index contributed by atoms with van der Waals surface area (Å²) >= 11 is 1.77. The summed E-state index contributed by atoms with van der Waals surface area (Å²) in [5, 5.41) is 1.13. The number of aryl methyl sites for hydroxylation is 1. The minimum atomic E-state index is -0.394. The Morgan fingerprint density at radius 2 is 1.71 bits per heavy atom. The molecule has 3 nitrogen and oxygen atoms in total. The summed E-state index contributed by atoms with van der Waals surface area (Å²) in [6.07, 6.45) is 0. The van der Waals surface area contributed by atoms with Gasteiger partial charge in [-0.2, -0.15) is 0 Å². The van der Waals surface area contributed by atoms with E-state index >= 15 is 0 Å². The first-order valence-corrected chi connectivity index (χ1v) is 7.99. The van der Waals surface area contributed by atoms with Crippen LogP contribution in [0.3, 0.4) is 0 Å². The predicted molar refractivity (Wildman–Crippen MR) is 88.8 cm³/mol. The zero-order valence-corrected chi connectivity index (χ0v) is 14.3. The molecule has 0 atom stereocenters. The molecule has 0 saturated carbocycles. The van der Waals surface area contributed by atoms with Gasteiger partial charge in [0, 0.05) is 20.4 Å². The number of methoxy groups -OCH3 is 1. The molecule has 3 rings (SSSR count). The summed E-state index contributed by atoms with van der Waals surface area (Å²) in [4.78, 5) is 1.27. The van der Waals surface area contributed by atoms with Crippen molar-refractivity contribution in [1.82, 2.24) is 0 Å². The molecule has 0 amide bonds. The molecule has 0 N–H and O–H groups in total. The van der Waals surface area contributed by atoms with Gasteiger partial charge in [-0.15, -0.1) is 11.3 Å². The lowest BCUT2D eigenvalue weighted by Crippen LogP contribution is -2.41. The van der Waals surface area contributed by atoms with E-state index in [0.717, 1.165) is 16.6 Å². The Morgan fingerprint density at radius 1 is 1.10 bits per heavy atom. The molecule has 1 aromatic heterocycles. The van der Waals surface area contributed by atoms with E-state index in [9.17, 15) is 0 Å². The Hall–Kier alpha value is -1.04. The second-order valence-corrected chi connectivity index (χ2v) is 7.83. The third kappa shape index (κ3) is 2.28. The van der Waals surface area contributed by atoms with Crippen LogP contribution in [0, 0.1) is 6.92 Å². The highest BCUT2D eigenvalue weighted by atomic mass is 32.1. The van der Waals surface area contributed by atoms with Crippen LogP contribution in [0.4, 0.5) is 0 Å². The molecule has 2 aromatic rings. The second-order valence-electron chi connectivity index (χ2n) is 6.55. The molecule has 2 heterocycles. The molecule has 0 bridgehead atoms. The molecule has 0 unspecified atom stereocenters. The number of thiophene rings is 1. The monoisotopic (exact) mass is 304 g/mol. The molecule has 1 aromatic carbocycles. The highest BCUT2D eigenvalue weighted by molar-refractivity contribution is 7.19. The highest BCUT2D eigenvalue weighted by Crippen LogP contribution is 2.38. The topological polar surface area (TPSA) is 27.7 Å². The molecule has 1 aliphatic rings. The third-order valence-corrected chi connectivity index (χ3v) is 5.53. The second kappa shape index (κ2) is 4.73. The molecule has 0 spiro atoms. The molecule has 0 radical (unpaired) electrons. The summed E-state index contributed by atoms with van der Waals surface area (Å²) in [5.74, 6) is 0.857. The average molecular weight is 304 g/mol. The maximum Gasteiger partial charge on any atom is 0.498 e. The average Bonchev–Trinajstić information content (AvgIpc) is 2.84. The van der Waals surface area contributed by atoms with E-state index in [1.165, 1.54) is 9.58 Å². The lowest BCUT2D eigenvalue weighted by atomic mass is 9.78. The van der Waals surface area contributed by atoms with Crippen molar-refractivity contribution in [2.45, 2.75) is 45.8 Å². The minimum Gasteiger partial charge on any atom is -0.496 e. The van der Waals surface area contributed by atoms with Crippen molar-refractivity contribution < 1.29 is 14.0 Å². The van der Waals surface area contributed by atoms with E-state index in [-0.39, 0.29) is 11.2 Å². The molecule has 1 saturated heterocycles. The normalized spacial score (nSPS) is 20.2. The molecular weight excluding hydrogens is 283 g/mol. The van der Waals surface area contributed by atoms with Gasteiger partial charge in [0.2, 0.25) is 0 Å². The van der Waals surface area contributed by atoms with Gasteiger partial charge in [-0.25, -0.2) is 0 Å². The van der Waals surface area contributed by atoms with E-state index in [0.29, 0.717) is 0 Å². The van der Waals surface area contributed by atoms with Crippen LogP contribution < -0.4 is 10.2 Å². The van der Waals surface area contributed by atoms with Crippen molar-refractivity contribution in [1.29, 1.82) is 0 Å². The fraction of sp³-hybridized carbons (Fsp3) is 0.500. The van der Waals surface area contributed by atoms with Crippen molar-refractivity contribution >= 4 is 34.0 Å². The lowest BCUT2D eigenvalue weighted by molar-refractivity contribution is 0.00578. The summed E-state index contributed by atoms with van der Waals surface area (Å²) < 4.78 is 19.2. The maximum absolute atomic E-state index is 6.15.